The van der Waals surface area contributed by atoms with Gasteiger partial charge in [-0.05, 0) is 31.9 Å². The van der Waals surface area contributed by atoms with E-state index in [0.29, 0.717) is 12.5 Å². The van der Waals surface area contributed by atoms with E-state index in [2.05, 4.69) is 21.7 Å². The summed E-state index contributed by atoms with van der Waals surface area (Å²) in [6.07, 6.45) is 2.68. The number of benzene rings is 1. The van der Waals surface area contributed by atoms with Crippen LogP contribution in [0.1, 0.15) is 29.4 Å². The Labute approximate surface area is 159 Å². The first-order chi connectivity index (χ1) is 13.7. The van der Waals surface area contributed by atoms with Crippen LogP contribution in [0.2, 0.25) is 0 Å². The number of hydrogen-bond acceptors (Lipinski definition) is 6. The maximum atomic E-state index is 11.4. The summed E-state index contributed by atoms with van der Waals surface area (Å²) in [5.74, 6) is -0.191. The first-order valence-corrected chi connectivity index (χ1v) is 9.36. The van der Waals surface area contributed by atoms with E-state index in [1.807, 2.05) is 6.92 Å². The standard InChI is InChI=1S/C19H30N4O3/c1-4-15-13-18(23(24)25)19(26-3)14-17(15)22-7-5-16(6-8-22)21-11-9-20(2)10-12-21/h13-14,16H,4-12H2,1-3H3/i3D3. The molecule has 0 unspecified atom stereocenters. The van der Waals surface area contributed by atoms with Crippen molar-refractivity contribution in [3.8, 4) is 5.75 Å². The van der Waals surface area contributed by atoms with Crippen molar-refractivity contribution in [1.82, 2.24) is 9.80 Å². The molecule has 2 heterocycles. The molecule has 2 aliphatic rings. The van der Waals surface area contributed by atoms with Gasteiger partial charge in [-0.2, -0.15) is 0 Å². The van der Waals surface area contributed by atoms with Crippen LogP contribution in [-0.4, -0.2) is 74.1 Å². The van der Waals surface area contributed by atoms with E-state index >= 15 is 0 Å². The number of aryl methyl sites for hydroxylation is 1. The topological polar surface area (TPSA) is 62.1 Å². The van der Waals surface area contributed by atoms with Crippen molar-refractivity contribution in [2.45, 2.75) is 32.2 Å². The Kier molecular flexibility index (Phi) is 4.81. The summed E-state index contributed by atoms with van der Waals surface area (Å²) in [5.41, 5.74) is 1.39. The number of nitro benzene ring substituents is 1. The summed E-state index contributed by atoms with van der Waals surface area (Å²) in [6.45, 7) is 8.01. The number of methoxy groups -OCH3 is 1. The van der Waals surface area contributed by atoms with Gasteiger partial charge in [0.05, 0.1) is 16.1 Å². The molecular formula is C19H30N4O3. The van der Waals surface area contributed by atoms with Gasteiger partial charge in [0, 0.05) is 63.1 Å². The minimum absolute atomic E-state index is 0.191. The third-order valence-corrected chi connectivity index (χ3v) is 5.71. The average Bonchev–Trinajstić information content (AvgIpc) is 2.67. The Balaban J connectivity index is 1.77. The van der Waals surface area contributed by atoms with Crippen molar-refractivity contribution < 1.29 is 13.8 Å². The second-order valence-electron chi connectivity index (χ2n) is 7.22. The summed E-state index contributed by atoms with van der Waals surface area (Å²) in [5, 5.41) is 11.4. The molecule has 0 amide bonds. The predicted molar refractivity (Wildman–Crippen MR) is 103 cm³/mol. The molecule has 2 aliphatic heterocycles. The number of likely N-dealkylation sites (N-methyl/N-ethyl adjacent to an activating group) is 1. The molecule has 0 bridgehead atoms. The second-order valence-corrected chi connectivity index (χ2v) is 7.22. The van der Waals surface area contributed by atoms with Gasteiger partial charge in [0.15, 0.2) is 5.75 Å². The third-order valence-electron chi connectivity index (χ3n) is 5.71. The van der Waals surface area contributed by atoms with E-state index in [1.54, 1.807) is 6.07 Å². The highest BCUT2D eigenvalue weighted by atomic mass is 16.6. The molecule has 2 saturated heterocycles. The van der Waals surface area contributed by atoms with E-state index in [1.165, 1.54) is 6.07 Å². The summed E-state index contributed by atoms with van der Waals surface area (Å²) < 4.78 is 27.0. The first kappa shape index (κ1) is 15.2. The van der Waals surface area contributed by atoms with Gasteiger partial charge in [0.1, 0.15) is 0 Å². The van der Waals surface area contributed by atoms with Crippen LogP contribution in [0.3, 0.4) is 0 Å². The highest BCUT2D eigenvalue weighted by Crippen LogP contribution is 2.36. The molecule has 0 aromatic heterocycles. The molecule has 1 aromatic carbocycles. The van der Waals surface area contributed by atoms with Gasteiger partial charge in [0.2, 0.25) is 0 Å². The molecule has 144 valence electrons. The smallest absolute Gasteiger partial charge is 0.311 e. The third kappa shape index (κ3) is 3.94. The average molecular weight is 365 g/mol. The fourth-order valence-electron chi connectivity index (χ4n) is 4.06. The molecule has 7 nitrogen and oxygen atoms in total. The second kappa shape index (κ2) is 8.22. The first-order valence-electron chi connectivity index (χ1n) is 10.9. The van der Waals surface area contributed by atoms with Crippen LogP contribution in [0.15, 0.2) is 12.1 Å². The highest BCUT2D eigenvalue weighted by Gasteiger charge is 2.28. The lowest BCUT2D eigenvalue weighted by Crippen LogP contribution is -2.52. The Hall–Kier alpha value is -1.86. The minimum atomic E-state index is -2.73. The molecule has 3 rings (SSSR count). The number of anilines is 1. The number of piperazine rings is 1. The van der Waals surface area contributed by atoms with Gasteiger partial charge in [-0.25, -0.2) is 0 Å². The van der Waals surface area contributed by atoms with Crippen molar-refractivity contribution in [3.05, 3.63) is 27.8 Å². The molecule has 0 radical (unpaired) electrons. The van der Waals surface area contributed by atoms with Crippen molar-refractivity contribution >= 4 is 11.4 Å². The quantitative estimate of drug-likeness (QED) is 0.590. The van der Waals surface area contributed by atoms with Crippen molar-refractivity contribution in [3.63, 3.8) is 0 Å². The van der Waals surface area contributed by atoms with Crippen LogP contribution in [0.25, 0.3) is 0 Å². The number of piperidine rings is 1. The van der Waals surface area contributed by atoms with E-state index in [9.17, 15) is 10.1 Å². The zero-order valence-electron chi connectivity index (χ0n) is 18.6. The SMILES string of the molecule is [2H]C([2H])([2H])Oc1cc(N2CCC(N3CCN(C)CC3)CC2)c(CC)cc1[N+](=O)[O-]. The molecule has 2 fully saturated rings. The van der Waals surface area contributed by atoms with Crippen LogP contribution in [-0.2, 0) is 6.42 Å². The summed E-state index contributed by atoms with van der Waals surface area (Å²) >= 11 is 0. The molecule has 1 aromatic rings. The molecule has 0 aliphatic carbocycles. The molecular weight excluding hydrogens is 332 g/mol. The van der Waals surface area contributed by atoms with Crippen LogP contribution in [0.4, 0.5) is 11.4 Å². The zero-order valence-corrected chi connectivity index (χ0v) is 15.6. The molecule has 0 atom stereocenters. The summed E-state index contributed by atoms with van der Waals surface area (Å²) in [4.78, 5) is 18.0. The molecule has 0 N–H and O–H groups in total. The lowest BCUT2D eigenvalue weighted by atomic mass is 9.99. The van der Waals surface area contributed by atoms with Gasteiger partial charge in [0.25, 0.3) is 0 Å². The molecule has 26 heavy (non-hydrogen) atoms. The van der Waals surface area contributed by atoms with Crippen molar-refractivity contribution in [1.29, 1.82) is 0 Å². The van der Waals surface area contributed by atoms with Gasteiger partial charge < -0.3 is 14.5 Å². The number of nitro groups is 1. The molecule has 0 saturated carbocycles. The van der Waals surface area contributed by atoms with Crippen LogP contribution in [0.5, 0.6) is 5.75 Å². The number of nitrogens with zero attached hydrogens (tertiary/aromatic N) is 4. The Morgan fingerprint density at radius 2 is 1.92 bits per heavy atom. The molecule has 0 spiro atoms. The largest absolute Gasteiger partial charge is 0.490 e. The zero-order chi connectivity index (χ0) is 21.2. The summed E-state index contributed by atoms with van der Waals surface area (Å²) in [7, 11) is -0.579. The maximum absolute atomic E-state index is 11.4. The Morgan fingerprint density at radius 1 is 1.23 bits per heavy atom. The lowest BCUT2D eigenvalue weighted by molar-refractivity contribution is -0.385. The Bertz CT molecular complexity index is 728. The summed E-state index contributed by atoms with van der Waals surface area (Å²) in [6, 6.07) is 3.56. The normalized spacial score (nSPS) is 22.5. The van der Waals surface area contributed by atoms with E-state index in [0.717, 1.165) is 63.4 Å². The molecule has 7 heteroatoms. The van der Waals surface area contributed by atoms with Gasteiger partial charge in [-0.3, -0.25) is 15.0 Å². The Morgan fingerprint density at radius 3 is 2.50 bits per heavy atom. The number of rotatable bonds is 5. The van der Waals surface area contributed by atoms with Crippen LogP contribution in [0, 0.1) is 10.1 Å². The van der Waals surface area contributed by atoms with Gasteiger partial charge >= 0.3 is 5.69 Å². The number of ether oxygens (including phenoxy) is 1. The fraction of sp³-hybridized carbons (Fsp3) is 0.684. The highest BCUT2D eigenvalue weighted by molar-refractivity contribution is 5.64. The monoisotopic (exact) mass is 365 g/mol. The van der Waals surface area contributed by atoms with E-state index in [4.69, 9.17) is 8.85 Å². The van der Waals surface area contributed by atoms with E-state index < -0.39 is 12.0 Å². The van der Waals surface area contributed by atoms with Crippen molar-refractivity contribution in [2.75, 3.05) is 58.3 Å². The van der Waals surface area contributed by atoms with Crippen LogP contribution < -0.4 is 9.64 Å². The number of hydrogen-bond donors (Lipinski definition) is 0. The van der Waals surface area contributed by atoms with E-state index in [-0.39, 0.29) is 11.4 Å². The fourth-order valence-corrected chi connectivity index (χ4v) is 4.06. The van der Waals surface area contributed by atoms with Gasteiger partial charge in [-0.1, -0.05) is 6.92 Å². The predicted octanol–water partition coefficient (Wildman–Crippen LogP) is 2.38. The van der Waals surface area contributed by atoms with Gasteiger partial charge in [-0.15, -0.1) is 0 Å². The lowest BCUT2D eigenvalue weighted by Gasteiger charge is -2.43. The van der Waals surface area contributed by atoms with Crippen molar-refractivity contribution in [2.24, 2.45) is 0 Å². The van der Waals surface area contributed by atoms with Crippen LogP contribution >= 0.6 is 0 Å². The minimum Gasteiger partial charge on any atom is -0.490 e. The maximum Gasteiger partial charge on any atom is 0.311 e.